The summed E-state index contributed by atoms with van der Waals surface area (Å²) < 4.78 is 5.13. The molecule has 0 aliphatic rings. The maximum atomic E-state index is 11.7. The number of carbonyl (C=O) groups excluding carboxylic acids is 1. The van der Waals surface area contributed by atoms with Crippen LogP contribution in [0.15, 0.2) is 0 Å². The van der Waals surface area contributed by atoms with Crippen molar-refractivity contribution in [2.45, 2.75) is 39.8 Å². The van der Waals surface area contributed by atoms with E-state index in [1.807, 2.05) is 27.7 Å². The second kappa shape index (κ2) is 7.60. The highest BCUT2D eigenvalue weighted by Gasteiger charge is 2.30. The van der Waals surface area contributed by atoms with Gasteiger partial charge in [-0.3, -0.25) is 15.1 Å². The van der Waals surface area contributed by atoms with E-state index in [1.54, 1.807) is 7.11 Å². The van der Waals surface area contributed by atoms with Crippen molar-refractivity contribution < 1.29 is 9.53 Å². The Kier molecular flexibility index (Phi) is 7.29. The SMILES string of the molecule is CCN(C(C)COC)C(C(=O)NN)C(C)C. The zero-order chi connectivity index (χ0) is 12.7. The Balaban J connectivity index is 4.77. The number of likely N-dealkylation sites (N-methyl/N-ethyl adjacent to an activating group) is 1. The quantitative estimate of drug-likeness (QED) is 0.377. The van der Waals surface area contributed by atoms with Crippen LogP contribution in [-0.4, -0.2) is 43.2 Å². The van der Waals surface area contributed by atoms with Crippen LogP contribution in [0.4, 0.5) is 0 Å². The Labute approximate surface area is 98.3 Å². The molecule has 0 spiro atoms. The van der Waals surface area contributed by atoms with Crippen molar-refractivity contribution in [3.63, 3.8) is 0 Å². The first kappa shape index (κ1) is 15.3. The van der Waals surface area contributed by atoms with E-state index in [2.05, 4.69) is 10.3 Å². The highest BCUT2D eigenvalue weighted by molar-refractivity contribution is 5.81. The first-order valence-electron chi connectivity index (χ1n) is 5.74. The molecule has 16 heavy (non-hydrogen) atoms. The van der Waals surface area contributed by atoms with Crippen molar-refractivity contribution in [3.8, 4) is 0 Å². The van der Waals surface area contributed by atoms with Crippen molar-refractivity contribution in [1.29, 1.82) is 0 Å². The fourth-order valence-electron chi connectivity index (χ4n) is 2.04. The maximum absolute atomic E-state index is 11.7. The smallest absolute Gasteiger partial charge is 0.251 e. The van der Waals surface area contributed by atoms with E-state index in [0.717, 1.165) is 6.54 Å². The fraction of sp³-hybridized carbons (Fsp3) is 0.909. The molecule has 0 aromatic carbocycles. The van der Waals surface area contributed by atoms with Gasteiger partial charge in [-0.1, -0.05) is 20.8 Å². The summed E-state index contributed by atoms with van der Waals surface area (Å²) in [5, 5.41) is 0. The fourth-order valence-corrected chi connectivity index (χ4v) is 2.04. The molecule has 2 atom stereocenters. The Morgan fingerprint density at radius 1 is 1.44 bits per heavy atom. The number of nitrogens with two attached hydrogens (primary N) is 1. The zero-order valence-electron chi connectivity index (χ0n) is 11.0. The number of ether oxygens (including phenoxy) is 1. The molecule has 5 heteroatoms. The van der Waals surface area contributed by atoms with Crippen molar-refractivity contribution >= 4 is 5.91 Å². The van der Waals surface area contributed by atoms with Gasteiger partial charge in [0.1, 0.15) is 0 Å². The van der Waals surface area contributed by atoms with Gasteiger partial charge in [0.25, 0.3) is 5.91 Å². The van der Waals surface area contributed by atoms with Gasteiger partial charge >= 0.3 is 0 Å². The van der Waals surface area contributed by atoms with Crippen LogP contribution in [0.2, 0.25) is 0 Å². The molecule has 2 unspecified atom stereocenters. The minimum absolute atomic E-state index is 0.139. The molecule has 96 valence electrons. The number of nitrogens with zero attached hydrogens (tertiary/aromatic N) is 1. The number of carbonyl (C=O) groups is 1. The number of hydrogen-bond donors (Lipinski definition) is 2. The van der Waals surface area contributed by atoms with Crippen LogP contribution in [0.1, 0.15) is 27.7 Å². The highest BCUT2D eigenvalue weighted by atomic mass is 16.5. The van der Waals surface area contributed by atoms with E-state index in [4.69, 9.17) is 10.6 Å². The largest absolute Gasteiger partial charge is 0.383 e. The number of amides is 1. The van der Waals surface area contributed by atoms with Gasteiger partial charge in [0.15, 0.2) is 0 Å². The Bertz CT molecular complexity index is 209. The van der Waals surface area contributed by atoms with E-state index < -0.39 is 0 Å². The number of nitrogens with one attached hydrogen (secondary N) is 1. The zero-order valence-corrected chi connectivity index (χ0v) is 11.0. The second-order valence-corrected chi connectivity index (χ2v) is 4.33. The third kappa shape index (κ3) is 4.08. The first-order chi connectivity index (χ1) is 7.49. The lowest BCUT2D eigenvalue weighted by atomic mass is 10.00. The van der Waals surface area contributed by atoms with Crippen LogP contribution < -0.4 is 11.3 Å². The predicted octanol–water partition coefficient (Wildman–Crippen LogP) is 0.358. The summed E-state index contributed by atoms with van der Waals surface area (Å²) in [4.78, 5) is 13.9. The summed E-state index contributed by atoms with van der Waals surface area (Å²) in [5.41, 5.74) is 2.24. The third-order valence-corrected chi connectivity index (χ3v) is 2.74. The molecule has 0 aromatic heterocycles. The number of rotatable bonds is 7. The van der Waals surface area contributed by atoms with Gasteiger partial charge in [0.05, 0.1) is 12.6 Å². The highest BCUT2D eigenvalue weighted by Crippen LogP contribution is 2.14. The molecule has 5 nitrogen and oxygen atoms in total. The van der Waals surface area contributed by atoms with Gasteiger partial charge < -0.3 is 4.74 Å². The molecule has 0 bridgehead atoms. The van der Waals surface area contributed by atoms with Gasteiger partial charge in [-0.15, -0.1) is 0 Å². The molecule has 3 N–H and O–H groups in total. The third-order valence-electron chi connectivity index (χ3n) is 2.74. The van der Waals surface area contributed by atoms with Crippen molar-refractivity contribution in [2.24, 2.45) is 11.8 Å². The monoisotopic (exact) mass is 231 g/mol. The van der Waals surface area contributed by atoms with E-state index >= 15 is 0 Å². The van der Waals surface area contributed by atoms with Gasteiger partial charge in [-0.05, 0) is 19.4 Å². The first-order valence-corrected chi connectivity index (χ1v) is 5.74. The lowest BCUT2D eigenvalue weighted by molar-refractivity contribution is -0.129. The predicted molar refractivity (Wildman–Crippen MR) is 64.7 cm³/mol. The molecule has 0 saturated carbocycles. The molecule has 0 aliphatic carbocycles. The van der Waals surface area contributed by atoms with Gasteiger partial charge in [0.2, 0.25) is 0 Å². The molecule has 0 aliphatic heterocycles. The summed E-state index contributed by atoms with van der Waals surface area (Å²) in [7, 11) is 1.66. The molecule has 0 aromatic rings. The van der Waals surface area contributed by atoms with Crippen LogP contribution in [0.3, 0.4) is 0 Å². The van der Waals surface area contributed by atoms with Crippen LogP contribution >= 0.6 is 0 Å². The summed E-state index contributed by atoms with van der Waals surface area (Å²) in [6.07, 6.45) is 0. The Hall–Kier alpha value is -0.650. The Morgan fingerprint density at radius 2 is 2.00 bits per heavy atom. The summed E-state index contributed by atoms with van der Waals surface area (Å²) >= 11 is 0. The van der Waals surface area contributed by atoms with Gasteiger partial charge in [0, 0.05) is 13.2 Å². The molecule has 0 radical (unpaired) electrons. The molecule has 1 amide bonds. The van der Waals surface area contributed by atoms with E-state index in [0.29, 0.717) is 6.61 Å². The summed E-state index contributed by atoms with van der Waals surface area (Å²) in [6, 6.07) is -0.0140. The second-order valence-electron chi connectivity index (χ2n) is 4.33. The topological polar surface area (TPSA) is 67.6 Å². The van der Waals surface area contributed by atoms with E-state index in [9.17, 15) is 4.79 Å². The van der Waals surface area contributed by atoms with Gasteiger partial charge in [-0.2, -0.15) is 0 Å². The molecule has 0 saturated heterocycles. The molecule has 0 heterocycles. The van der Waals surface area contributed by atoms with Crippen molar-refractivity contribution in [3.05, 3.63) is 0 Å². The molecule has 0 rings (SSSR count). The van der Waals surface area contributed by atoms with E-state index in [1.165, 1.54) is 0 Å². The average Bonchev–Trinajstić information content (AvgIpc) is 2.24. The average molecular weight is 231 g/mol. The van der Waals surface area contributed by atoms with Crippen molar-refractivity contribution in [2.75, 3.05) is 20.3 Å². The maximum Gasteiger partial charge on any atom is 0.251 e. The normalized spacial score (nSPS) is 15.2. The Morgan fingerprint density at radius 3 is 2.31 bits per heavy atom. The number of hydrazine groups is 1. The minimum Gasteiger partial charge on any atom is -0.383 e. The molecular formula is C11H25N3O2. The molecule has 0 fully saturated rings. The molecular weight excluding hydrogens is 206 g/mol. The summed E-state index contributed by atoms with van der Waals surface area (Å²) in [6.45, 7) is 9.51. The van der Waals surface area contributed by atoms with Crippen LogP contribution in [0.25, 0.3) is 0 Å². The number of hydrogen-bond acceptors (Lipinski definition) is 4. The van der Waals surface area contributed by atoms with Gasteiger partial charge in [-0.25, -0.2) is 5.84 Å². The lowest BCUT2D eigenvalue weighted by Crippen LogP contribution is -2.55. The standard InChI is InChI=1S/C11H25N3O2/c1-6-14(9(4)7-16-5)10(8(2)3)11(15)13-12/h8-10H,6-7,12H2,1-5H3,(H,13,15). The summed E-state index contributed by atoms with van der Waals surface area (Å²) in [5.74, 6) is 5.29. The minimum atomic E-state index is -0.208. The number of methoxy groups -OCH3 is 1. The van der Waals surface area contributed by atoms with Crippen LogP contribution in [-0.2, 0) is 9.53 Å². The lowest BCUT2D eigenvalue weighted by Gasteiger charge is -2.36. The van der Waals surface area contributed by atoms with Crippen LogP contribution in [0, 0.1) is 5.92 Å². The van der Waals surface area contributed by atoms with Crippen LogP contribution in [0.5, 0.6) is 0 Å². The van der Waals surface area contributed by atoms with Crippen molar-refractivity contribution in [1.82, 2.24) is 10.3 Å². The van der Waals surface area contributed by atoms with E-state index in [-0.39, 0.29) is 23.9 Å².